The van der Waals surface area contributed by atoms with Crippen molar-refractivity contribution in [2.75, 3.05) is 0 Å². The average Bonchev–Trinajstić information content (AvgIpc) is 2.08. The third-order valence-corrected chi connectivity index (χ3v) is 3.01. The van der Waals surface area contributed by atoms with Gasteiger partial charge in [-0.2, -0.15) is 0 Å². The summed E-state index contributed by atoms with van der Waals surface area (Å²) in [4.78, 5) is 11.5. The first-order chi connectivity index (χ1) is 6.15. The lowest BCUT2D eigenvalue weighted by atomic mass is 9.92. The molecule has 0 aliphatic heterocycles. The Hall–Kier alpha value is -0.570. The molecular weight excluding hydrogens is 164 g/mol. The third-order valence-electron chi connectivity index (χ3n) is 3.01. The van der Waals surface area contributed by atoms with Crippen LogP contribution < -0.4 is 11.1 Å². The lowest BCUT2D eigenvalue weighted by Gasteiger charge is -2.28. The third kappa shape index (κ3) is 2.69. The van der Waals surface area contributed by atoms with Crippen molar-refractivity contribution in [2.45, 2.75) is 51.6 Å². The second-order valence-corrected chi connectivity index (χ2v) is 4.05. The van der Waals surface area contributed by atoms with Crippen LogP contribution in [0.4, 0.5) is 0 Å². The van der Waals surface area contributed by atoms with E-state index in [9.17, 15) is 4.79 Å². The van der Waals surface area contributed by atoms with Gasteiger partial charge in [0.2, 0.25) is 5.91 Å². The highest BCUT2D eigenvalue weighted by Crippen LogP contribution is 2.18. The Morgan fingerprint density at radius 3 is 2.62 bits per heavy atom. The van der Waals surface area contributed by atoms with Crippen molar-refractivity contribution in [3.8, 4) is 0 Å². The second-order valence-electron chi connectivity index (χ2n) is 4.05. The molecule has 0 unspecified atom stereocenters. The zero-order valence-corrected chi connectivity index (χ0v) is 8.55. The SMILES string of the molecule is CC[C@H](C)[C@H](N)C(=O)NC1CCC1. The number of rotatable bonds is 4. The van der Waals surface area contributed by atoms with E-state index in [1.54, 1.807) is 0 Å². The van der Waals surface area contributed by atoms with Crippen LogP contribution in [0.25, 0.3) is 0 Å². The van der Waals surface area contributed by atoms with Crippen LogP contribution in [0.1, 0.15) is 39.5 Å². The van der Waals surface area contributed by atoms with Gasteiger partial charge >= 0.3 is 0 Å². The van der Waals surface area contributed by atoms with Crippen LogP contribution in [-0.4, -0.2) is 18.0 Å². The maximum atomic E-state index is 11.5. The van der Waals surface area contributed by atoms with Gasteiger partial charge in [0, 0.05) is 6.04 Å². The Balaban J connectivity index is 2.28. The van der Waals surface area contributed by atoms with Crippen LogP contribution in [0.3, 0.4) is 0 Å². The number of carbonyl (C=O) groups excluding carboxylic acids is 1. The van der Waals surface area contributed by atoms with Crippen molar-refractivity contribution < 1.29 is 4.79 Å². The molecule has 0 aromatic carbocycles. The minimum Gasteiger partial charge on any atom is -0.352 e. The molecule has 1 aliphatic carbocycles. The van der Waals surface area contributed by atoms with Crippen molar-refractivity contribution in [3.63, 3.8) is 0 Å². The molecule has 2 atom stereocenters. The van der Waals surface area contributed by atoms with Crippen LogP contribution in [0.2, 0.25) is 0 Å². The fourth-order valence-corrected chi connectivity index (χ4v) is 1.36. The van der Waals surface area contributed by atoms with E-state index < -0.39 is 0 Å². The number of carbonyl (C=O) groups is 1. The molecule has 0 spiro atoms. The summed E-state index contributed by atoms with van der Waals surface area (Å²) in [6.07, 6.45) is 4.45. The van der Waals surface area contributed by atoms with Gasteiger partial charge in [-0.1, -0.05) is 20.3 Å². The van der Waals surface area contributed by atoms with Crippen LogP contribution >= 0.6 is 0 Å². The topological polar surface area (TPSA) is 55.1 Å². The molecule has 3 heteroatoms. The molecular formula is C10H20N2O. The molecule has 0 radical (unpaired) electrons. The molecule has 3 N–H and O–H groups in total. The van der Waals surface area contributed by atoms with Crippen LogP contribution in [0, 0.1) is 5.92 Å². The van der Waals surface area contributed by atoms with Gasteiger partial charge in [0.1, 0.15) is 0 Å². The predicted molar refractivity (Wildman–Crippen MR) is 53.2 cm³/mol. The molecule has 0 bridgehead atoms. The molecule has 0 aromatic heterocycles. The Bertz CT molecular complexity index is 178. The minimum atomic E-state index is -0.328. The summed E-state index contributed by atoms with van der Waals surface area (Å²) in [6, 6.07) is 0.0770. The summed E-state index contributed by atoms with van der Waals surface area (Å²) in [5.41, 5.74) is 5.79. The van der Waals surface area contributed by atoms with E-state index in [0.717, 1.165) is 19.3 Å². The first-order valence-corrected chi connectivity index (χ1v) is 5.21. The highest BCUT2D eigenvalue weighted by molar-refractivity contribution is 5.82. The highest BCUT2D eigenvalue weighted by atomic mass is 16.2. The van der Waals surface area contributed by atoms with E-state index in [2.05, 4.69) is 12.2 Å². The summed E-state index contributed by atoms with van der Waals surface area (Å²) in [5.74, 6) is 0.305. The zero-order chi connectivity index (χ0) is 9.84. The van der Waals surface area contributed by atoms with Gasteiger partial charge in [0.15, 0.2) is 0 Å². The molecule has 76 valence electrons. The Morgan fingerprint density at radius 1 is 1.62 bits per heavy atom. The first kappa shape index (κ1) is 10.5. The smallest absolute Gasteiger partial charge is 0.237 e. The van der Waals surface area contributed by atoms with E-state index in [4.69, 9.17) is 5.73 Å². The van der Waals surface area contributed by atoms with Crippen molar-refractivity contribution in [2.24, 2.45) is 11.7 Å². The fraction of sp³-hybridized carbons (Fsp3) is 0.900. The molecule has 1 rings (SSSR count). The van der Waals surface area contributed by atoms with E-state index in [-0.39, 0.29) is 17.9 Å². The second kappa shape index (κ2) is 4.61. The number of amides is 1. The average molecular weight is 184 g/mol. The molecule has 1 amide bonds. The van der Waals surface area contributed by atoms with E-state index >= 15 is 0 Å². The van der Waals surface area contributed by atoms with Crippen molar-refractivity contribution in [1.82, 2.24) is 5.32 Å². The summed E-state index contributed by atoms with van der Waals surface area (Å²) in [6.45, 7) is 4.08. The predicted octanol–water partition coefficient (Wildman–Crippen LogP) is 1.03. The van der Waals surface area contributed by atoms with Crippen LogP contribution in [0.15, 0.2) is 0 Å². The van der Waals surface area contributed by atoms with E-state index in [1.165, 1.54) is 6.42 Å². The first-order valence-electron chi connectivity index (χ1n) is 5.21. The molecule has 1 aliphatic rings. The summed E-state index contributed by atoms with van der Waals surface area (Å²) in [7, 11) is 0. The maximum Gasteiger partial charge on any atom is 0.237 e. The number of nitrogens with one attached hydrogen (secondary N) is 1. The molecule has 0 aromatic rings. The van der Waals surface area contributed by atoms with Crippen molar-refractivity contribution in [1.29, 1.82) is 0 Å². The molecule has 3 nitrogen and oxygen atoms in total. The Morgan fingerprint density at radius 2 is 2.23 bits per heavy atom. The molecule has 0 saturated heterocycles. The monoisotopic (exact) mass is 184 g/mol. The van der Waals surface area contributed by atoms with Gasteiger partial charge < -0.3 is 11.1 Å². The Labute approximate surface area is 80.1 Å². The zero-order valence-electron chi connectivity index (χ0n) is 8.55. The summed E-state index contributed by atoms with van der Waals surface area (Å²) >= 11 is 0. The van der Waals surface area contributed by atoms with Gasteiger partial charge in [-0.25, -0.2) is 0 Å². The largest absolute Gasteiger partial charge is 0.352 e. The molecule has 0 heterocycles. The normalized spacial score (nSPS) is 21.8. The van der Waals surface area contributed by atoms with Crippen molar-refractivity contribution in [3.05, 3.63) is 0 Å². The van der Waals surface area contributed by atoms with Crippen molar-refractivity contribution >= 4 is 5.91 Å². The van der Waals surface area contributed by atoms with Gasteiger partial charge in [-0.3, -0.25) is 4.79 Å². The molecule has 1 fully saturated rings. The fourth-order valence-electron chi connectivity index (χ4n) is 1.36. The lowest BCUT2D eigenvalue weighted by Crippen LogP contribution is -2.50. The van der Waals surface area contributed by atoms with Crippen LogP contribution in [-0.2, 0) is 4.79 Å². The quantitative estimate of drug-likeness (QED) is 0.685. The minimum absolute atomic E-state index is 0.0269. The van der Waals surface area contributed by atoms with Gasteiger partial charge in [0.25, 0.3) is 0 Å². The van der Waals surface area contributed by atoms with Gasteiger partial charge in [-0.15, -0.1) is 0 Å². The van der Waals surface area contributed by atoms with Crippen LogP contribution in [0.5, 0.6) is 0 Å². The van der Waals surface area contributed by atoms with Gasteiger partial charge in [0.05, 0.1) is 6.04 Å². The Kier molecular flexibility index (Phi) is 3.72. The maximum absolute atomic E-state index is 11.5. The van der Waals surface area contributed by atoms with E-state index in [0.29, 0.717) is 6.04 Å². The number of hydrogen-bond acceptors (Lipinski definition) is 2. The van der Waals surface area contributed by atoms with Gasteiger partial charge in [-0.05, 0) is 25.2 Å². The summed E-state index contributed by atoms with van der Waals surface area (Å²) < 4.78 is 0. The highest BCUT2D eigenvalue weighted by Gasteiger charge is 2.24. The molecule has 13 heavy (non-hydrogen) atoms. The lowest BCUT2D eigenvalue weighted by molar-refractivity contribution is -0.124. The summed E-state index contributed by atoms with van der Waals surface area (Å²) in [5, 5.41) is 2.97. The number of hydrogen-bond donors (Lipinski definition) is 2. The molecule has 1 saturated carbocycles. The standard InChI is InChI=1S/C10H20N2O/c1-3-7(2)9(11)10(13)12-8-5-4-6-8/h7-9H,3-6,11H2,1-2H3,(H,12,13)/t7-,9-/m0/s1. The van der Waals surface area contributed by atoms with E-state index in [1.807, 2.05) is 6.92 Å². The number of nitrogens with two attached hydrogens (primary N) is 1.